The van der Waals surface area contributed by atoms with E-state index in [2.05, 4.69) is 22.4 Å². The molecule has 124 valence electrons. The van der Waals surface area contributed by atoms with E-state index in [-0.39, 0.29) is 5.91 Å². The van der Waals surface area contributed by atoms with Crippen LogP contribution in [0.4, 0.5) is 5.13 Å². The average molecular weight is 335 g/mol. The molecular weight excluding hydrogens is 314 g/mol. The first-order chi connectivity index (χ1) is 11.2. The van der Waals surface area contributed by atoms with Crippen LogP contribution in [0.1, 0.15) is 31.2 Å². The summed E-state index contributed by atoms with van der Waals surface area (Å²) in [6, 6.07) is 7.36. The monoisotopic (exact) mass is 335 g/mol. The van der Waals surface area contributed by atoms with Crippen LogP contribution in [-0.4, -0.2) is 29.8 Å². The van der Waals surface area contributed by atoms with Gasteiger partial charge in [-0.3, -0.25) is 4.79 Å². The van der Waals surface area contributed by atoms with Crippen LogP contribution in [0.3, 0.4) is 0 Å². The molecule has 1 N–H and O–H groups in total. The second-order valence-corrected chi connectivity index (χ2v) is 5.99. The summed E-state index contributed by atoms with van der Waals surface area (Å²) in [7, 11) is 1.62. The molecule has 6 nitrogen and oxygen atoms in total. The number of anilines is 1. The molecule has 0 atom stereocenters. The molecule has 0 unspecified atom stereocenters. The molecule has 0 fully saturated rings. The van der Waals surface area contributed by atoms with Crippen LogP contribution in [0.15, 0.2) is 24.3 Å². The molecule has 2 aromatic rings. The Balaban J connectivity index is 1.65. The smallest absolute Gasteiger partial charge is 0.226 e. The molecule has 0 bridgehead atoms. The van der Waals surface area contributed by atoms with Gasteiger partial charge in [-0.25, -0.2) is 0 Å². The molecule has 2 rings (SSSR count). The van der Waals surface area contributed by atoms with E-state index in [1.807, 2.05) is 24.3 Å². The van der Waals surface area contributed by atoms with Crippen molar-refractivity contribution in [2.24, 2.45) is 0 Å². The Labute approximate surface area is 139 Å². The van der Waals surface area contributed by atoms with Crippen molar-refractivity contribution in [2.45, 2.75) is 32.6 Å². The van der Waals surface area contributed by atoms with Gasteiger partial charge in [-0.15, -0.1) is 10.2 Å². The van der Waals surface area contributed by atoms with Gasteiger partial charge in [0.25, 0.3) is 0 Å². The molecule has 0 saturated carbocycles. The Morgan fingerprint density at radius 2 is 1.96 bits per heavy atom. The Bertz CT molecular complexity index is 613. The lowest BCUT2D eigenvalue weighted by atomic mass is 10.3. The second-order valence-electron chi connectivity index (χ2n) is 4.93. The number of rotatable bonds is 9. The average Bonchev–Trinajstić information content (AvgIpc) is 2.99. The van der Waals surface area contributed by atoms with Crippen molar-refractivity contribution >= 4 is 22.4 Å². The molecule has 0 radical (unpaired) electrons. The number of hydrogen-bond donors (Lipinski definition) is 1. The molecule has 1 heterocycles. The Morgan fingerprint density at radius 3 is 2.65 bits per heavy atom. The fraction of sp³-hybridized carbons (Fsp3) is 0.438. The summed E-state index contributed by atoms with van der Waals surface area (Å²) >= 11 is 1.43. The van der Waals surface area contributed by atoms with E-state index >= 15 is 0 Å². The van der Waals surface area contributed by atoms with Gasteiger partial charge in [-0.2, -0.15) is 0 Å². The SMILES string of the molecule is CCCc1nnc(NC(=O)CCCOc2ccc(OC)cc2)s1. The van der Waals surface area contributed by atoms with E-state index in [0.717, 1.165) is 29.3 Å². The van der Waals surface area contributed by atoms with Gasteiger partial charge in [0, 0.05) is 12.8 Å². The fourth-order valence-corrected chi connectivity index (χ4v) is 2.75. The number of methoxy groups -OCH3 is 1. The van der Waals surface area contributed by atoms with Crippen molar-refractivity contribution in [1.82, 2.24) is 10.2 Å². The molecule has 0 aliphatic rings. The van der Waals surface area contributed by atoms with Crippen molar-refractivity contribution in [1.29, 1.82) is 0 Å². The van der Waals surface area contributed by atoms with Crippen LogP contribution in [-0.2, 0) is 11.2 Å². The van der Waals surface area contributed by atoms with Gasteiger partial charge in [0.1, 0.15) is 16.5 Å². The molecule has 1 aromatic carbocycles. The zero-order valence-electron chi connectivity index (χ0n) is 13.4. The van der Waals surface area contributed by atoms with Gasteiger partial charge in [0.15, 0.2) is 0 Å². The number of carbonyl (C=O) groups is 1. The fourth-order valence-electron chi connectivity index (χ4n) is 1.90. The van der Waals surface area contributed by atoms with Gasteiger partial charge < -0.3 is 14.8 Å². The van der Waals surface area contributed by atoms with Crippen molar-refractivity contribution in [2.75, 3.05) is 19.0 Å². The molecule has 0 spiro atoms. The number of aromatic nitrogens is 2. The minimum Gasteiger partial charge on any atom is -0.497 e. The molecular formula is C16H21N3O3S. The zero-order chi connectivity index (χ0) is 16.5. The van der Waals surface area contributed by atoms with Crippen LogP contribution in [0.25, 0.3) is 0 Å². The number of hydrogen-bond acceptors (Lipinski definition) is 6. The summed E-state index contributed by atoms with van der Waals surface area (Å²) in [5.41, 5.74) is 0. The van der Waals surface area contributed by atoms with Crippen LogP contribution < -0.4 is 14.8 Å². The van der Waals surface area contributed by atoms with E-state index in [0.29, 0.717) is 24.6 Å². The third-order valence-corrected chi connectivity index (χ3v) is 3.95. The molecule has 1 aromatic heterocycles. The second kappa shape index (κ2) is 9.09. The van der Waals surface area contributed by atoms with E-state index in [1.165, 1.54) is 11.3 Å². The summed E-state index contributed by atoms with van der Waals surface area (Å²) in [4.78, 5) is 11.8. The third kappa shape index (κ3) is 5.86. The van der Waals surface area contributed by atoms with Gasteiger partial charge in [0.2, 0.25) is 11.0 Å². The van der Waals surface area contributed by atoms with Crippen LogP contribution >= 0.6 is 11.3 Å². The van der Waals surface area contributed by atoms with E-state index in [4.69, 9.17) is 9.47 Å². The first-order valence-corrected chi connectivity index (χ1v) is 8.42. The third-order valence-electron chi connectivity index (χ3n) is 3.05. The predicted octanol–water partition coefficient (Wildman–Crippen LogP) is 3.30. The lowest BCUT2D eigenvalue weighted by molar-refractivity contribution is -0.116. The molecule has 7 heteroatoms. The number of nitrogens with one attached hydrogen (secondary N) is 1. The largest absolute Gasteiger partial charge is 0.497 e. The summed E-state index contributed by atoms with van der Waals surface area (Å²) in [5.74, 6) is 1.48. The highest BCUT2D eigenvalue weighted by Gasteiger charge is 2.07. The molecule has 0 saturated heterocycles. The maximum absolute atomic E-state index is 11.8. The number of nitrogens with zero attached hydrogens (tertiary/aromatic N) is 2. The number of carbonyl (C=O) groups excluding carboxylic acids is 1. The normalized spacial score (nSPS) is 10.3. The molecule has 1 amide bonds. The summed E-state index contributed by atoms with van der Waals surface area (Å²) in [6.45, 7) is 2.57. The zero-order valence-corrected chi connectivity index (χ0v) is 14.2. The van der Waals surface area contributed by atoms with E-state index < -0.39 is 0 Å². The van der Waals surface area contributed by atoms with Crippen LogP contribution in [0.5, 0.6) is 11.5 Å². The van der Waals surface area contributed by atoms with Crippen molar-refractivity contribution in [3.63, 3.8) is 0 Å². The number of aryl methyl sites for hydroxylation is 1. The first kappa shape index (κ1) is 17.2. The van der Waals surface area contributed by atoms with Gasteiger partial charge in [-0.1, -0.05) is 18.3 Å². The highest BCUT2D eigenvalue weighted by atomic mass is 32.1. The minimum absolute atomic E-state index is 0.0671. The van der Waals surface area contributed by atoms with Crippen molar-refractivity contribution in [3.8, 4) is 11.5 Å². The highest BCUT2D eigenvalue weighted by molar-refractivity contribution is 7.15. The van der Waals surface area contributed by atoms with Crippen molar-refractivity contribution in [3.05, 3.63) is 29.3 Å². The first-order valence-electron chi connectivity index (χ1n) is 7.60. The summed E-state index contributed by atoms with van der Waals surface area (Å²) in [5, 5.41) is 12.3. The van der Waals surface area contributed by atoms with Crippen molar-refractivity contribution < 1.29 is 14.3 Å². The van der Waals surface area contributed by atoms with Crippen LogP contribution in [0, 0.1) is 0 Å². The topological polar surface area (TPSA) is 73.3 Å². The van der Waals surface area contributed by atoms with Gasteiger partial charge in [0.05, 0.1) is 13.7 Å². The minimum atomic E-state index is -0.0671. The maximum Gasteiger partial charge on any atom is 0.226 e. The molecule has 23 heavy (non-hydrogen) atoms. The summed E-state index contributed by atoms with van der Waals surface area (Å²) < 4.78 is 10.7. The van der Waals surface area contributed by atoms with E-state index in [9.17, 15) is 4.79 Å². The maximum atomic E-state index is 11.8. The predicted molar refractivity (Wildman–Crippen MR) is 90.3 cm³/mol. The number of benzene rings is 1. The number of amides is 1. The lowest BCUT2D eigenvalue weighted by Gasteiger charge is -2.06. The van der Waals surface area contributed by atoms with E-state index in [1.54, 1.807) is 7.11 Å². The molecule has 0 aliphatic carbocycles. The summed E-state index contributed by atoms with van der Waals surface area (Å²) in [6.07, 6.45) is 2.94. The van der Waals surface area contributed by atoms with Gasteiger partial charge in [-0.05, 0) is 37.1 Å². The van der Waals surface area contributed by atoms with Gasteiger partial charge >= 0.3 is 0 Å². The Hall–Kier alpha value is -2.15. The molecule has 0 aliphatic heterocycles. The lowest BCUT2D eigenvalue weighted by Crippen LogP contribution is -2.12. The highest BCUT2D eigenvalue weighted by Crippen LogP contribution is 2.18. The number of ether oxygens (including phenoxy) is 2. The quantitative estimate of drug-likeness (QED) is 0.712. The standard InChI is InChI=1S/C16H21N3O3S/c1-3-5-15-18-19-16(23-15)17-14(20)6-4-11-22-13-9-7-12(21-2)8-10-13/h7-10H,3-6,11H2,1-2H3,(H,17,19,20). The van der Waals surface area contributed by atoms with Crippen LogP contribution in [0.2, 0.25) is 0 Å². The Morgan fingerprint density at radius 1 is 1.22 bits per heavy atom. The Kier molecular flexibility index (Phi) is 6.80.